The highest BCUT2D eigenvalue weighted by Crippen LogP contribution is 2.52. The van der Waals surface area contributed by atoms with Crippen molar-refractivity contribution < 1.29 is 19.0 Å². The zero-order chi connectivity index (χ0) is 15.0. The molecule has 1 aliphatic rings. The fourth-order valence-corrected chi connectivity index (χ4v) is 2.42. The second-order valence-electron chi connectivity index (χ2n) is 4.72. The number of fused-ring (bicyclic) bond motifs is 1. The molecule has 21 heavy (non-hydrogen) atoms. The molecule has 1 saturated heterocycles. The largest absolute Gasteiger partial charge is 0.497 e. The van der Waals surface area contributed by atoms with E-state index < -0.39 is 17.7 Å². The molecule has 1 fully saturated rings. The molecule has 1 N–H and O–H groups in total. The first kappa shape index (κ1) is 13.5. The van der Waals surface area contributed by atoms with Crippen molar-refractivity contribution in [3.05, 3.63) is 30.0 Å². The van der Waals surface area contributed by atoms with Gasteiger partial charge >= 0.3 is 5.97 Å². The zero-order valence-electron chi connectivity index (χ0n) is 11.7. The molecule has 1 aromatic heterocycles. The van der Waals surface area contributed by atoms with E-state index in [1.165, 1.54) is 0 Å². The number of nitrogens with zero attached hydrogens (tertiary/aromatic N) is 1. The Morgan fingerprint density at radius 1 is 1.57 bits per heavy atom. The summed E-state index contributed by atoms with van der Waals surface area (Å²) in [5, 5.41) is 10.1. The van der Waals surface area contributed by atoms with Crippen LogP contribution in [0.1, 0.15) is 18.6 Å². The summed E-state index contributed by atoms with van der Waals surface area (Å²) in [6.07, 6.45) is 1.12. The highest BCUT2D eigenvalue weighted by Gasteiger charge is 2.66. The minimum Gasteiger partial charge on any atom is -0.497 e. The maximum Gasteiger partial charge on any atom is 0.356 e. The predicted octanol–water partition coefficient (Wildman–Crippen LogP) is 2.07. The Bertz CT molecular complexity index is 746. The number of H-pyrrole nitrogens is 1. The standard InChI is InChI=1S/C15H14N2O4/c1-3-20-14(18)15(8-16)13(21-15)11-7-17-12-5-4-9(19-2)6-10(11)12/h4-7,13,17H,3H2,1-2H3. The Labute approximate surface area is 121 Å². The minimum atomic E-state index is -1.53. The monoisotopic (exact) mass is 286 g/mol. The molecule has 0 bridgehead atoms. The van der Waals surface area contributed by atoms with E-state index in [0.717, 1.165) is 16.5 Å². The Morgan fingerprint density at radius 2 is 2.38 bits per heavy atom. The van der Waals surface area contributed by atoms with Gasteiger partial charge in [-0.2, -0.15) is 5.26 Å². The van der Waals surface area contributed by atoms with Crippen molar-refractivity contribution in [1.82, 2.24) is 4.98 Å². The number of hydrogen-bond acceptors (Lipinski definition) is 5. The molecular formula is C15H14N2O4. The van der Waals surface area contributed by atoms with Gasteiger partial charge in [0.15, 0.2) is 0 Å². The van der Waals surface area contributed by atoms with Crippen molar-refractivity contribution in [3.8, 4) is 11.8 Å². The molecule has 0 amide bonds. The number of nitrogens with one attached hydrogen (secondary N) is 1. The average molecular weight is 286 g/mol. The molecule has 0 spiro atoms. The number of ether oxygens (including phenoxy) is 3. The van der Waals surface area contributed by atoms with Crippen LogP contribution in [0.4, 0.5) is 0 Å². The normalized spacial score (nSPS) is 23.6. The van der Waals surface area contributed by atoms with Crippen LogP contribution in [0.15, 0.2) is 24.4 Å². The summed E-state index contributed by atoms with van der Waals surface area (Å²) >= 11 is 0. The Hall–Kier alpha value is -2.52. The Morgan fingerprint density at radius 3 is 3.05 bits per heavy atom. The number of aromatic amines is 1. The van der Waals surface area contributed by atoms with Crippen LogP contribution in [0.5, 0.6) is 5.75 Å². The lowest BCUT2D eigenvalue weighted by Crippen LogP contribution is -2.26. The van der Waals surface area contributed by atoms with Gasteiger partial charge in [-0.15, -0.1) is 0 Å². The van der Waals surface area contributed by atoms with Crippen molar-refractivity contribution >= 4 is 16.9 Å². The summed E-state index contributed by atoms with van der Waals surface area (Å²) in [7, 11) is 1.58. The highest BCUT2D eigenvalue weighted by atomic mass is 16.7. The quantitative estimate of drug-likeness (QED) is 0.686. The molecule has 1 aliphatic heterocycles. The third-order valence-corrected chi connectivity index (χ3v) is 3.56. The van der Waals surface area contributed by atoms with Crippen LogP contribution in [-0.4, -0.2) is 30.3 Å². The molecule has 2 aromatic rings. The molecule has 2 unspecified atom stereocenters. The lowest BCUT2D eigenvalue weighted by molar-refractivity contribution is -0.147. The van der Waals surface area contributed by atoms with Crippen LogP contribution in [0.2, 0.25) is 0 Å². The number of benzene rings is 1. The number of methoxy groups -OCH3 is 1. The van der Waals surface area contributed by atoms with Gasteiger partial charge in [-0.25, -0.2) is 4.79 Å². The fraction of sp³-hybridized carbons (Fsp3) is 0.333. The number of aromatic nitrogens is 1. The predicted molar refractivity (Wildman–Crippen MR) is 73.7 cm³/mol. The van der Waals surface area contributed by atoms with Crippen molar-refractivity contribution in [1.29, 1.82) is 5.26 Å². The van der Waals surface area contributed by atoms with E-state index in [2.05, 4.69) is 4.98 Å². The molecule has 0 radical (unpaired) electrons. The summed E-state index contributed by atoms with van der Waals surface area (Å²) in [6.45, 7) is 1.90. The molecule has 1 aromatic carbocycles. The van der Waals surface area contributed by atoms with Crippen molar-refractivity contribution in [2.24, 2.45) is 0 Å². The highest BCUT2D eigenvalue weighted by molar-refractivity contribution is 5.91. The van der Waals surface area contributed by atoms with Crippen LogP contribution >= 0.6 is 0 Å². The molecule has 0 saturated carbocycles. The third-order valence-electron chi connectivity index (χ3n) is 3.56. The molecule has 2 heterocycles. The maximum absolute atomic E-state index is 11.9. The van der Waals surface area contributed by atoms with E-state index in [9.17, 15) is 10.1 Å². The smallest absolute Gasteiger partial charge is 0.356 e. The van der Waals surface area contributed by atoms with E-state index in [1.54, 1.807) is 20.2 Å². The van der Waals surface area contributed by atoms with Gasteiger partial charge in [0, 0.05) is 22.7 Å². The first-order chi connectivity index (χ1) is 10.2. The minimum absolute atomic E-state index is 0.208. The summed E-state index contributed by atoms with van der Waals surface area (Å²) in [4.78, 5) is 15.0. The van der Waals surface area contributed by atoms with Gasteiger partial charge in [0.25, 0.3) is 5.60 Å². The molecule has 2 atom stereocenters. The van der Waals surface area contributed by atoms with Gasteiger partial charge in [-0.1, -0.05) is 0 Å². The summed E-state index contributed by atoms with van der Waals surface area (Å²) in [5.74, 6) is 0.0532. The van der Waals surface area contributed by atoms with Gasteiger partial charge < -0.3 is 19.2 Å². The molecule has 3 rings (SSSR count). The van der Waals surface area contributed by atoms with Gasteiger partial charge in [0.05, 0.1) is 13.7 Å². The van der Waals surface area contributed by atoms with Crippen LogP contribution in [0.25, 0.3) is 10.9 Å². The van der Waals surface area contributed by atoms with E-state index in [4.69, 9.17) is 14.2 Å². The zero-order valence-corrected chi connectivity index (χ0v) is 11.7. The third kappa shape index (κ3) is 1.94. The van der Waals surface area contributed by atoms with Crippen LogP contribution in [-0.2, 0) is 14.3 Å². The van der Waals surface area contributed by atoms with Crippen LogP contribution in [0, 0.1) is 11.3 Å². The molecule has 6 nitrogen and oxygen atoms in total. The van der Waals surface area contributed by atoms with E-state index in [0.29, 0.717) is 5.75 Å². The van der Waals surface area contributed by atoms with Gasteiger partial charge in [0.1, 0.15) is 17.9 Å². The van der Waals surface area contributed by atoms with Crippen LogP contribution < -0.4 is 4.74 Å². The van der Waals surface area contributed by atoms with Crippen molar-refractivity contribution in [2.45, 2.75) is 18.6 Å². The van der Waals surface area contributed by atoms with Gasteiger partial charge in [-0.3, -0.25) is 0 Å². The SMILES string of the molecule is CCOC(=O)C1(C#N)OC1c1c[nH]c2ccc(OC)cc12. The maximum atomic E-state index is 11.9. The first-order valence-corrected chi connectivity index (χ1v) is 6.57. The van der Waals surface area contributed by atoms with Crippen molar-refractivity contribution in [2.75, 3.05) is 13.7 Å². The van der Waals surface area contributed by atoms with Gasteiger partial charge in [-0.05, 0) is 25.1 Å². The average Bonchev–Trinajstić information content (AvgIpc) is 3.11. The van der Waals surface area contributed by atoms with E-state index >= 15 is 0 Å². The first-order valence-electron chi connectivity index (χ1n) is 6.57. The number of hydrogen-bond donors (Lipinski definition) is 1. The van der Waals surface area contributed by atoms with Gasteiger partial charge in [0.2, 0.25) is 0 Å². The van der Waals surface area contributed by atoms with E-state index in [1.807, 2.05) is 24.3 Å². The summed E-state index contributed by atoms with van der Waals surface area (Å²) < 4.78 is 15.5. The van der Waals surface area contributed by atoms with Crippen molar-refractivity contribution in [3.63, 3.8) is 0 Å². The molecule has 0 aliphatic carbocycles. The number of epoxide rings is 1. The molecule has 6 heteroatoms. The number of nitriles is 1. The second kappa shape index (κ2) is 4.79. The Kier molecular flexibility index (Phi) is 3.07. The van der Waals surface area contributed by atoms with E-state index in [-0.39, 0.29) is 6.61 Å². The number of carbonyl (C=O) groups is 1. The summed E-state index contributed by atoms with van der Waals surface area (Å²) in [5.41, 5.74) is 0.101. The lowest BCUT2D eigenvalue weighted by atomic mass is 10.00. The summed E-state index contributed by atoms with van der Waals surface area (Å²) in [6, 6.07) is 7.48. The Balaban J connectivity index is 1.99. The lowest BCUT2D eigenvalue weighted by Gasteiger charge is -2.03. The van der Waals surface area contributed by atoms with Crippen LogP contribution in [0.3, 0.4) is 0 Å². The number of carbonyl (C=O) groups excluding carboxylic acids is 1. The molecular weight excluding hydrogens is 272 g/mol. The number of rotatable bonds is 4. The number of esters is 1. The topological polar surface area (TPSA) is 87.6 Å². The fourth-order valence-electron chi connectivity index (χ4n) is 2.42. The molecule has 108 valence electrons. The second-order valence-corrected chi connectivity index (χ2v) is 4.72.